The Morgan fingerprint density at radius 1 is 0.373 bits per heavy atom. The van der Waals surface area contributed by atoms with Gasteiger partial charge in [0.05, 0.1) is 11.0 Å². The number of para-hydroxylation sites is 2. The molecule has 0 unspecified atom stereocenters. The Hall–Kier alpha value is -9.02. The number of benzene rings is 11. The minimum absolute atomic E-state index is 0.102. The lowest BCUT2D eigenvalue weighted by atomic mass is 9.81. The third-order valence-corrected chi connectivity index (χ3v) is 16.8. The highest BCUT2D eigenvalue weighted by molar-refractivity contribution is 7.25. The van der Waals surface area contributed by atoms with Gasteiger partial charge >= 0.3 is 0 Å². The van der Waals surface area contributed by atoms with Gasteiger partial charge in [0, 0.05) is 59.1 Å². The third-order valence-electron chi connectivity index (χ3n) is 15.7. The molecule has 2 heterocycles. The molecule has 0 radical (unpaired) electrons. The first-order valence-electron chi connectivity index (χ1n) is 26.0. The Bertz CT molecular complexity index is 4380. The van der Waals surface area contributed by atoms with Crippen molar-refractivity contribution in [3.05, 3.63) is 271 Å². The van der Waals surface area contributed by atoms with Crippen LogP contribution in [0.5, 0.6) is 0 Å². The van der Waals surface area contributed by atoms with Crippen molar-refractivity contribution in [3.8, 4) is 61.3 Å². The van der Waals surface area contributed by atoms with E-state index in [0.717, 1.165) is 39.4 Å². The Balaban J connectivity index is 0.970. The number of rotatable bonds is 9. The highest BCUT2D eigenvalue weighted by Crippen LogP contribution is 2.50. The minimum atomic E-state index is -0.102. The number of hydrogen-bond acceptors (Lipinski definition) is 2. The molecular weight excluding hydrogens is 925 g/mol. The summed E-state index contributed by atoms with van der Waals surface area (Å²) in [6, 6.07) is 92.7. The molecule has 0 atom stereocenters. The molecule has 0 N–H and O–H groups in total. The maximum atomic E-state index is 2.46. The molecule has 13 aromatic rings. The zero-order valence-electron chi connectivity index (χ0n) is 42.1. The summed E-state index contributed by atoms with van der Waals surface area (Å²) >= 11 is 1.86. The van der Waals surface area contributed by atoms with Gasteiger partial charge in [0.2, 0.25) is 0 Å². The largest absolute Gasteiger partial charge is 0.310 e. The van der Waals surface area contributed by atoms with Gasteiger partial charge in [0.15, 0.2) is 0 Å². The fourth-order valence-corrected chi connectivity index (χ4v) is 13.0. The first kappa shape index (κ1) is 44.7. The van der Waals surface area contributed by atoms with Crippen LogP contribution in [0.25, 0.3) is 109 Å². The van der Waals surface area contributed by atoms with Crippen LogP contribution in [0, 0.1) is 0 Å². The highest BCUT2D eigenvalue weighted by atomic mass is 32.1. The second kappa shape index (κ2) is 17.9. The lowest BCUT2D eigenvalue weighted by Gasteiger charge is -2.28. The van der Waals surface area contributed by atoms with Crippen molar-refractivity contribution in [2.45, 2.75) is 26.2 Å². The predicted octanol–water partition coefficient (Wildman–Crippen LogP) is 20.6. The molecule has 11 aromatic carbocycles. The lowest BCUT2D eigenvalue weighted by molar-refractivity contribution is 0.660. The van der Waals surface area contributed by atoms with Crippen LogP contribution in [0.4, 0.5) is 17.1 Å². The molecule has 356 valence electrons. The van der Waals surface area contributed by atoms with E-state index in [0.29, 0.717) is 0 Å². The van der Waals surface area contributed by atoms with E-state index in [2.05, 4.69) is 291 Å². The number of hydrogen-bond donors (Lipinski definition) is 0. The zero-order valence-corrected chi connectivity index (χ0v) is 42.9. The second-order valence-electron chi connectivity index (χ2n) is 20.5. The Kier molecular flexibility index (Phi) is 10.6. The van der Waals surface area contributed by atoms with Crippen molar-refractivity contribution >= 4 is 76.5 Å². The van der Waals surface area contributed by atoms with E-state index < -0.39 is 0 Å². The van der Waals surface area contributed by atoms with Crippen LogP contribution >= 0.6 is 11.3 Å². The summed E-state index contributed by atoms with van der Waals surface area (Å²) in [6.45, 7) is 6.79. The van der Waals surface area contributed by atoms with E-state index in [9.17, 15) is 0 Å². The highest BCUT2D eigenvalue weighted by Gasteiger charge is 2.35. The third kappa shape index (κ3) is 7.61. The summed E-state index contributed by atoms with van der Waals surface area (Å²) in [6.07, 6.45) is 4.23. The summed E-state index contributed by atoms with van der Waals surface area (Å²) in [5, 5.41) is 5.04. The van der Waals surface area contributed by atoms with E-state index in [-0.39, 0.29) is 5.41 Å². The number of aromatic nitrogens is 1. The van der Waals surface area contributed by atoms with Crippen molar-refractivity contribution in [1.29, 1.82) is 0 Å². The monoisotopic (exact) mass is 976 g/mol. The minimum Gasteiger partial charge on any atom is -0.310 e. The molecule has 14 rings (SSSR count). The van der Waals surface area contributed by atoms with E-state index in [1.807, 2.05) is 11.3 Å². The van der Waals surface area contributed by atoms with Crippen molar-refractivity contribution < 1.29 is 0 Å². The normalized spacial score (nSPS) is 12.8. The molecular formula is C72H52N2S. The molecule has 0 amide bonds. The van der Waals surface area contributed by atoms with Gasteiger partial charge in [-0.25, -0.2) is 0 Å². The molecule has 0 saturated heterocycles. The molecule has 0 bridgehead atoms. The molecule has 0 spiro atoms. The first-order chi connectivity index (χ1) is 36.9. The SMILES string of the molecule is C/C=C/c1ccc(-c2ccc(N(c3cccc(-c4ccc5c(c4)C(C)(C)c4ccccc4-5)c3)c3cc(-c4ccc5sc6ccccc6c5c4)cc(-c4ccc5c(c4)c4ccccc4n5-c4ccccc4)c3)cc2)cc1. The maximum absolute atomic E-state index is 2.46. The molecule has 2 aromatic heterocycles. The van der Waals surface area contributed by atoms with E-state index in [1.165, 1.54) is 97.6 Å². The van der Waals surface area contributed by atoms with Gasteiger partial charge in [-0.1, -0.05) is 178 Å². The van der Waals surface area contributed by atoms with Gasteiger partial charge in [0.1, 0.15) is 0 Å². The van der Waals surface area contributed by atoms with Gasteiger partial charge in [-0.2, -0.15) is 0 Å². The molecule has 2 nitrogen and oxygen atoms in total. The number of nitrogens with zero attached hydrogens (tertiary/aromatic N) is 2. The van der Waals surface area contributed by atoms with Crippen molar-refractivity contribution in [3.63, 3.8) is 0 Å². The van der Waals surface area contributed by atoms with Gasteiger partial charge in [-0.15, -0.1) is 11.3 Å². The topological polar surface area (TPSA) is 8.17 Å². The second-order valence-corrected chi connectivity index (χ2v) is 21.6. The van der Waals surface area contributed by atoms with E-state index in [4.69, 9.17) is 0 Å². The Morgan fingerprint density at radius 2 is 0.960 bits per heavy atom. The number of anilines is 3. The van der Waals surface area contributed by atoms with Crippen LogP contribution in [0.15, 0.2) is 255 Å². The summed E-state index contributed by atoms with van der Waals surface area (Å²) < 4.78 is 5.00. The Labute approximate surface area is 442 Å². The number of fused-ring (bicyclic) bond motifs is 9. The molecule has 3 heteroatoms. The van der Waals surface area contributed by atoms with Crippen molar-refractivity contribution in [1.82, 2.24) is 4.57 Å². The molecule has 75 heavy (non-hydrogen) atoms. The standard InChI is InChI=1S/C72H52N2S/c1-4-15-47-26-28-48(29-27-47)49-30-35-57(36-31-49)73(58-19-14-16-50(41-58)53-32-37-61-60-20-8-11-23-66(60)72(2,3)67(61)46-53)59-42-54(40-55(43-59)52-34-39-71-65(45-52)63-22-10-13-25-70(63)75-71)51-33-38-69-64(44-51)62-21-9-12-24-68(62)74(69)56-17-6-5-7-18-56/h4-46H,1-3H3/b15-4+. The van der Waals surface area contributed by atoms with Gasteiger partial charge < -0.3 is 9.47 Å². The summed E-state index contributed by atoms with van der Waals surface area (Å²) in [5.41, 5.74) is 22.7. The van der Waals surface area contributed by atoms with Crippen LogP contribution < -0.4 is 4.90 Å². The predicted molar refractivity (Wildman–Crippen MR) is 322 cm³/mol. The van der Waals surface area contributed by atoms with Crippen LogP contribution in [0.1, 0.15) is 37.5 Å². The fraction of sp³-hybridized carbons (Fsp3) is 0.0556. The summed E-state index contributed by atoms with van der Waals surface area (Å²) in [7, 11) is 0. The van der Waals surface area contributed by atoms with Crippen molar-refractivity contribution in [2.75, 3.05) is 4.90 Å². The molecule has 1 aliphatic rings. The van der Waals surface area contributed by atoms with Gasteiger partial charge in [-0.05, 0) is 176 Å². The van der Waals surface area contributed by atoms with Crippen LogP contribution in [0.2, 0.25) is 0 Å². The quantitative estimate of drug-likeness (QED) is 0.140. The van der Waals surface area contributed by atoms with Crippen molar-refractivity contribution in [2.24, 2.45) is 0 Å². The van der Waals surface area contributed by atoms with E-state index >= 15 is 0 Å². The fourth-order valence-electron chi connectivity index (χ4n) is 11.9. The zero-order chi connectivity index (χ0) is 50.2. The van der Waals surface area contributed by atoms with Crippen LogP contribution in [-0.2, 0) is 5.41 Å². The first-order valence-corrected chi connectivity index (χ1v) is 26.8. The number of thiophene rings is 1. The average Bonchev–Trinajstić information content (AvgIpc) is 4.08. The summed E-state index contributed by atoms with van der Waals surface area (Å²) in [4.78, 5) is 2.46. The Morgan fingerprint density at radius 3 is 1.76 bits per heavy atom. The molecule has 0 saturated carbocycles. The van der Waals surface area contributed by atoms with Gasteiger partial charge in [0.25, 0.3) is 0 Å². The van der Waals surface area contributed by atoms with E-state index in [1.54, 1.807) is 0 Å². The molecule has 0 aliphatic heterocycles. The lowest BCUT2D eigenvalue weighted by Crippen LogP contribution is -2.14. The smallest absolute Gasteiger partial charge is 0.0541 e. The number of allylic oxidation sites excluding steroid dienone is 1. The average molecular weight is 977 g/mol. The summed E-state index contributed by atoms with van der Waals surface area (Å²) in [5.74, 6) is 0. The molecule has 0 fully saturated rings. The van der Waals surface area contributed by atoms with Crippen LogP contribution in [-0.4, -0.2) is 4.57 Å². The molecule has 1 aliphatic carbocycles. The van der Waals surface area contributed by atoms with Crippen LogP contribution in [0.3, 0.4) is 0 Å². The maximum Gasteiger partial charge on any atom is 0.0541 e. The van der Waals surface area contributed by atoms with Gasteiger partial charge in [-0.3, -0.25) is 0 Å².